The largest absolute Gasteiger partial charge is 0.454 e. The fourth-order valence-electron chi connectivity index (χ4n) is 2.84. The summed E-state index contributed by atoms with van der Waals surface area (Å²) in [7, 11) is 0. The molecule has 21 heavy (non-hydrogen) atoms. The zero-order valence-electron chi connectivity index (χ0n) is 11.9. The molecule has 112 valence electrons. The van der Waals surface area contributed by atoms with Gasteiger partial charge in [0.25, 0.3) is 5.91 Å². The Morgan fingerprint density at radius 1 is 1.24 bits per heavy atom. The Morgan fingerprint density at radius 3 is 2.90 bits per heavy atom. The molecule has 1 aromatic carbocycles. The topological polar surface area (TPSA) is 64.6 Å². The van der Waals surface area contributed by atoms with E-state index in [1.165, 1.54) is 17.5 Å². The molecule has 1 unspecified atom stereocenters. The molecule has 2 aliphatic rings. The summed E-state index contributed by atoms with van der Waals surface area (Å²) in [5, 5.41) is 2.76. The third-order valence-corrected chi connectivity index (χ3v) is 3.92. The van der Waals surface area contributed by atoms with Crippen molar-refractivity contribution in [2.24, 2.45) is 0 Å². The molecule has 3 rings (SSSR count). The molecule has 1 aromatic rings. The highest BCUT2D eigenvalue weighted by molar-refractivity contribution is 5.93. The monoisotopic (exact) mass is 289 g/mol. The van der Waals surface area contributed by atoms with Crippen LogP contribution in [0.2, 0.25) is 0 Å². The third-order valence-electron chi connectivity index (χ3n) is 3.92. The van der Waals surface area contributed by atoms with Crippen LogP contribution >= 0.6 is 0 Å². The summed E-state index contributed by atoms with van der Waals surface area (Å²) >= 11 is 0. The van der Waals surface area contributed by atoms with Crippen LogP contribution < -0.4 is 5.32 Å². The van der Waals surface area contributed by atoms with Crippen LogP contribution in [-0.4, -0.2) is 31.2 Å². The second-order valence-corrected chi connectivity index (χ2v) is 5.49. The average molecular weight is 289 g/mol. The van der Waals surface area contributed by atoms with Gasteiger partial charge in [-0.3, -0.25) is 4.79 Å². The lowest BCUT2D eigenvalue weighted by Crippen LogP contribution is -2.27. The van der Waals surface area contributed by atoms with Crippen molar-refractivity contribution in [3.8, 4) is 0 Å². The van der Waals surface area contributed by atoms with Gasteiger partial charge in [-0.05, 0) is 55.4 Å². The molecule has 1 atom stereocenters. The maximum atomic E-state index is 11.8. The number of aryl methyl sites for hydroxylation is 2. The molecule has 0 aromatic heterocycles. The molecule has 1 N–H and O–H groups in total. The zero-order chi connectivity index (χ0) is 14.7. The second kappa shape index (κ2) is 6.26. The molecular weight excluding hydrogens is 270 g/mol. The molecule has 0 spiro atoms. The van der Waals surface area contributed by atoms with Crippen LogP contribution in [0.3, 0.4) is 0 Å². The molecule has 1 amide bonds. The fraction of sp³-hybridized carbons (Fsp3) is 0.500. The molecular formula is C16H19NO4. The molecule has 5 nitrogen and oxygen atoms in total. The van der Waals surface area contributed by atoms with Gasteiger partial charge in [0.05, 0.1) is 0 Å². The lowest BCUT2D eigenvalue weighted by Gasteiger charge is -2.10. The van der Waals surface area contributed by atoms with E-state index in [1.807, 2.05) is 12.1 Å². The summed E-state index contributed by atoms with van der Waals surface area (Å²) in [5.74, 6) is -0.768. The Labute approximate surface area is 123 Å². The number of amides is 1. The maximum absolute atomic E-state index is 11.8. The SMILES string of the molecule is O=C(COC(=O)C1CCCO1)Nc1ccc2c(c1)CCC2. The molecule has 1 saturated heterocycles. The quantitative estimate of drug-likeness (QED) is 0.859. The zero-order valence-corrected chi connectivity index (χ0v) is 11.9. The second-order valence-electron chi connectivity index (χ2n) is 5.49. The van der Waals surface area contributed by atoms with Crippen LogP contribution in [0, 0.1) is 0 Å². The van der Waals surface area contributed by atoms with Gasteiger partial charge in [-0.25, -0.2) is 4.79 Å². The van der Waals surface area contributed by atoms with Crippen LogP contribution in [0.5, 0.6) is 0 Å². The van der Waals surface area contributed by atoms with E-state index in [1.54, 1.807) is 0 Å². The van der Waals surface area contributed by atoms with Crippen LogP contribution in [0.25, 0.3) is 0 Å². The number of ether oxygens (including phenoxy) is 2. The van der Waals surface area contributed by atoms with E-state index in [0.29, 0.717) is 13.0 Å². The van der Waals surface area contributed by atoms with Crippen molar-refractivity contribution in [2.45, 2.75) is 38.2 Å². The summed E-state index contributed by atoms with van der Waals surface area (Å²) in [4.78, 5) is 23.4. The number of anilines is 1. The smallest absolute Gasteiger partial charge is 0.335 e. The minimum absolute atomic E-state index is 0.268. The molecule has 0 bridgehead atoms. The van der Waals surface area contributed by atoms with Crippen molar-refractivity contribution in [1.29, 1.82) is 0 Å². The highest BCUT2D eigenvalue weighted by atomic mass is 16.6. The number of nitrogens with one attached hydrogen (secondary N) is 1. The van der Waals surface area contributed by atoms with Crippen LogP contribution in [-0.2, 0) is 31.9 Å². The maximum Gasteiger partial charge on any atom is 0.335 e. The first kappa shape index (κ1) is 14.1. The van der Waals surface area contributed by atoms with Gasteiger partial charge < -0.3 is 14.8 Å². The van der Waals surface area contributed by atoms with Crippen molar-refractivity contribution in [3.63, 3.8) is 0 Å². The number of hydrogen-bond acceptors (Lipinski definition) is 4. The summed E-state index contributed by atoms with van der Waals surface area (Å²) in [6.07, 6.45) is 4.38. The van der Waals surface area contributed by atoms with Crippen molar-refractivity contribution >= 4 is 17.6 Å². The Morgan fingerprint density at radius 2 is 2.10 bits per heavy atom. The number of benzene rings is 1. The van der Waals surface area contributed by atoms with E-state index >= 15 is 0 Å². The van der Waals surface area contributed by atoms with Crippen LogP contribution in [0.1, 0.15) is 30.4 Å². The molecule has 1 aliphatic heterocycles. The van der Waals surface area contributed by atoms with Crippen molar-refractivity contribution in [3.05, 3.63) is 29.3 Å². The predicted molar refractivity (Wildman–Crippen MR) is 77.0 cm³/mol. The molecule has 5 heteroatoms. The molecule has 0 radical (unpaired) electrons. The van der Waals surface area contributed by atoms with Crippen molar-refractivity contribution in [1.82, 2.24) is 0 Å². The average Bonchev–Trinajstić information content (AvgIpc) is 3.15. The minimum atomic E-state index is -0.502. The van der Waals surface area contributed by atoms with Gasteiger partial charge in [-0.15, -0.1) is 0 Å². The number of esters is 1. The van der Waals surface area contributed by atoms with Gasteiger partial charge in [0.15, 0.2) is 12.7 Å². The highest BCUT2D eigenvalue weighted by Crippen LogP contribution is 2.24. The van der Waals surface area contributed by atoms with E-state index in [2.05, 4.69) is 11.4 Å². The molecule has 1 heterocycles. The first-order valence-corrected chi connectivity index (χ1v) is 7.42. The number of carbonyl (C=O) groups is 2. The van der Waals surface area contributed by atoms with E-state index in [4.69, 9.17) is 9.47 Å². The number of fused-ring (bicyclic) bond motifs is 1. The minimum Gasteiger partial charge on any atom is -0.454 e. The van der Waals surface area contributed by atoms with Gasteiger partial charge in [-0.2, -0.15) is 0 Å². The summed E-state index contributed by atoms with van der Waals surface area (Å²) in [6.45, 7) is 0.316. The first-order valence-electron chi connectivity index (χ1n) is 7.42. The van der Waals surface area contributed by atoms with Gasteiger partial charge in [0.2, 0.25) is 0 Å². The number of hydrogen-bond donors (Lipinski definition) is 1. The van der Waals surface area contributed by atoms with Crippen molar-refractivity contribution in [2.75, 3.05) is 18.5 Å². The molecule has 0 saturated carbocycles. The van der Waals surface area contributed by atoms with Gasteiger partial charge in [-0.1, -0.05) is 6.07 Å². The highest BCUT2D eigenvalue weighted by Gasteiger charge is 2.25. The fourth-order valence-corrected chi connectivity index (χ4v) is 2.84. The van der Waals surface area contributed by atoms with Crippen molar-refractivity contribution < 1.29 is 19.1 Å². The predicted octanol–water partition coefficient (Wildman–Crippen LogP) is 1.84. The normalized spacial score (nSPS) is 20.1. The van der Waals surface area contributed by atoms with Gasteiger partial charge in [0.1, 0.15) is 0 Å². The van der Waals surface area contributed by atoms with Crippen LogP contribution in [0.4, 0.5) is 5.69 Å². The van der Waals surface area contributed by atoms with E-state index in [9.17, 15) is 9.59 Å². The summed E-state index contributed by atoms with van der Waals surface area (Å²) in [5.41, 5.74) is 3.41. The van der Waals surface area contributed by atoms with E-state index in [-0.39, 0.29) is 12.5 Å². The number of rotatable bonds is 4. The van der Waals surface area contributed by atoms with Crippen LogP contribution in [0.15, 0.2) is 18.2 Å². The lowest BCUT2D eigenvalue weighted by molar-refractivity contribution is -0.156. The lowest BCUT2D eigenvalue weighted by atomic mass is 10.1. The van der Waals surface area contributed by atoms with Gasteiger partial charge in [0, 0.05) is 12.3 Å². The standard InChI is InChI=1S/C16H19NO4/c18-15(10-21-16(19)14-5-2-8-20-14)17-13-7-6-11-3-1-4-12(11)9-13/h6-7,9,14H,1-5,8,10H2,(H,17,18). The first-order chi connectivity index (χ1) is 10.2. The molecule has 1 aliphatic carbocycles. The Balaban J connectivity index is 1.48. The van der Waals surface area contributed by atoms with E-state index in [0.717, 1.165) is 24.9 Å². The Kier molecular flexibility index (Phi) is 4.20. The molecule has 1 fully saturated rings. The Bertz CT molecular complexity index is 549. The Hall–Kier alpha value is -1.88. The van der Waals surface area contributed by atoms with Gasteiger partial charge >= 0.3 is 5.97 Å². The number of carbonyl (C=O) groups excluding carboxylic acids is 2. The summed E-state index contributed by atoms with van der Waals surface area (Å²) in [6, 6.07) is 5.95. The summed E-state index contributed by atoms with van der Waals surface area (Å²) < 4.78 is 10.2. The third kappa shape index (κ3) is 3.42. The van der Waals surface area contributed by atoms with E-state index < -0.39 is 12.1 Å².